The van der Waals surface area contributed by atoms with Crippen LogP contribution in [0, 0.1) is 0 Å². The van der Waals surface area contributed by atoms with Crippen LogP contribution in [0.5, 0.6) is 5.75 Å². The number of alkyl carbamates (subject to hydrolysis) is 1. The quantitative estimate of drug-likeness (QED) is 0.146. The van der Waals surface area contributed by atoms with Crippen LogP contribution in [-0.2, 0) is 47.4 Å². The third-order valence-corrected chi connectivity index (χ3v) is 7.04. The maximum absolute atomic E-state index is 13.3. The molecule has 41 heavy (non-hydrogen) atoms. The first kappa shape index (κ1) is 32.2. The highest BCUT2D eigenvalue weighted by atomic mass is 31.2. The lowest BCUT2D eigenvalue weighted by molar-refractivity contribution is -0.0614. The number of phosphoric acid groups is 1. The SMILES string of the molecule is COc1ccc(COC[C@@H](O)[C@H](O)COP(=O)(OCCNC(=O)OCc2ccccc2)OCc2ccccc2)cc1. The minimum Gasteiger partial charge on any atom is -0.497 e. The van der Waals surface area contributed by atoms with E-state index in [0.717, 1.165) is 16.7 Å². The number of hydrogen-bond donors (Lipinski definition) is 3. The van der Waals surface area contributed by atoms with E-state index in [1.165, 1.54) is 0 Å². The fourth-order valence-corrected chi connectivity index (χ4v) is 4.51. The fraction of sp³-hybridized carbons (Fsp3) is 0.345. The second-order valence-corrected chi connectivity index (χ2v) is 10.5. The van der Waals surface area contributed by atoms with Crippen LogP contribution in [0.4, 0.5) is 4.79 Å². The van der Waals surface area contributed by atoms with Gasteiger partial charge in [-0.25, -0.2) is 9.36 Å². The molecule has 0 heterocycles. The van der Waals surface area contributed by atoms with Gasteiger partial charge in [0.15, 0.2) is 0 Å². The van der Waals surface area contributed by atoms with E-state index in [1.54, 1.807) is 43.5 Å². The van der Waals surface area contributed by atoms with E-state index in [9.17, 15) is 19.6 Å². The Morgan fingerprint density at radius 1 is 0.756 bits per heavy atom. The van der Waals surface area contributed by atoms with Crippen molar-refractivity contribution < 1.29 is 47.4 Å². The molecule has 0 aliphatic carbocycles. The summed E-state index contributed by atoms with van der Waals surface area (Å²) in [6.45, 7) is -0.797. The number of hydrogen-bond acceptors (Lipinski definition) is 10. The normalized spacial score (nSPS) is 14.0. The molecular formula is C29H36NO10P. The molecule has 3 N–H and O–H groups in total. The Bertz CT molecular complexity index is 1200. The summed E-state index contributed by atoms with van der Waals surface area (Å²) >= 11 is 0. The highest BCUT2D eigenvalue weighted by Gasteiger charge is 2.30. The van der Waals surface area contributed by atoms with Crippen molar-refractivity contribution in [3.8, 4) is 5.75 Å². The van der Waals surface area contributed by atoms with Crippen LogP contribution < -0.4 is 10.1 Å². The first-order valence-corrected chi connectivity index (χ1v) is 14.4. The highest BCUT2D eigenvalue weighted by Crippen LogP contribution is 2.50. The minimum absolute atomic E-state index is 0.0416. The minimum atomic E-state index is -4.20. The topological polar surface area (TPSA) is 142 Å². The Morgan fingerprint density at radius 3 is 1.98 bits per heavy atom. The predicted molar refractivity (Wildman–Crippen MR) is 150 cm³/mol. The second kappa shape index (κ2) is 17.5. The van der Waals surface area contributed by atoms with Crippen molar-refractivity contribution in [1.82, 2.24) is 5.32 Å². The summed E-state index contributed by atoms with van der Waals surface area (Å²) in [6, 6.07) is 25.4. The van der Waals surface area contributed by atoms with Gasteiger partial charge in [0.1, 0.15) is 24.6 Å². The number of amides is 1. The first-order valence-electron chi connectivity index (χ1n) is 13.0. The van der Waals surface area contributed by atoms with Gasteiger partial charge in [-0.05, 0) is 28.8 Å². The van der Waals surface area contributed by atoms with E-state index in [0.29, 0.717) is 5.75 Å². The first-order chi connectivity index (χ1) is 19.9. The number of rotatable bonds is 18. The van der Waals surface area contributed by atoms with Gasteiger partial charge >= 0.3 is 13.9 Å². The summed E-state index contributed by atoms with van der Waals surface area (Å²) in [5.74, 6) is 0.710. The lowest BCUT2D eigenvalue weighted by Crippen LogP contribution is -2.34. The van der Waals surface area contributed by atoms with Crippen molar-refractivity contribution in [2.75, 3.05) is 33.5 Å². The van der Waals surface area contributed by atoms with Crippen LogP contribution >= 0.6 is 7.82 Å². The summed E-state index contributed by atoms with van der Waals surface area (Å²) < 4.78 is 45.1. The number of phosphoric ester groups is 1. The zero-order chi connectivity index (χ0) is 29.3. The molecule has 0 spiro atoms. The van der Waals surface area contributed by atoms with Crippen molar-refractivity contribution in [3.05, 3.63) is 102 Å². The van der Waals surface area contributed by atoms with Crippen LogP contribution in [0.15, 0.2) is 84.9 Å². The molecule has 222 valence electrons. The van der Waals surface area contributed by atoms with Crippen molar-refractivity contribution in [2.24, 2.45) is 0 Å². The Balaban J connectivity index is 1.43. The average Bonchev–Trinajstić information content (AvgIpc) is 3.01. The monoisotopic (exact) mass is 589 g/mol. The Kier molecular flexibility index (Phi) is 13.8. The van der Waals surface area contributed by atoms with Gasteiger partial charge in [0, 0.05) is 6.54 Å². The third kappa shape index (κ3) is 12.4. The number of aliphatic hydroxyl groups excluding tert-OH is 2. The number of carbonyl (C=O) groups excluding carboxylic acids is 1. The van der Waals surface area contributed by atoms with E-state index in [-0.39, 0.29) is 39.6 Å². The van der Waals surface area contributed by atoms with Gasteiger partial charge in [-0.1, -0.05) is 72.8 Å². The van der Waals surface area contributed by atoms with Crippen molar-refractivity contribution >= 4 is 13.9 Å². The van der Waals surface area contributed by atoms with Crippen molar-refractivity contribution in [1.29, 1.82) is 0 Å². The molecule has 3 aromatic carbocycles. The lowest BCUT2D eigenvalue weighted by atomic mass is 10.2. The molecule has 11 nitrogen and oxygen atoms in total. The second-order valence-electron chi connectivity index (χ2n) is 8.82. The zero-order valence-corrected chi connectivity index (χ0v) is 23.7. The third-order valence-electron chi connectivity index (χ3n) is 5.63. The summed E-state index contributed by atoms with van der Waals surface area (Å²) in [6.07, 6.45) is -3.43. The van der Waals surface area contributed by atoms with Gasteiger partial charge in [0.05, 0.1) is 40.1 Å². The summed E-state index contributed by atoms with van der Waals surface area (Å²) in [5, 5.41) is 23.1. The molecule has 0 aromatic heterocycles. The van der Waals surface area contributed by atoms with E-state index in [4.69, 9.17) is 27.8 Å². The maximum atomic E-state index is 13.3. The maximum Gasteiger partial charge on any atom is 0.475 e. The predicted octanol–water partition coefficient (Wildman–Crippen LogP) is 4.22. The van der Waals surface area contributed by atoms with Crippen molar-refractivity contribution in [2.45, 2.75) is 32.0 Å². The van der Waals surface area contributed by atoms with E-state index in [2.05, 4.69) is 5.32 Å². The highest BCUT2D eigenvalue weighted by molar-refractivity contribution is 7.48. The Labute approximate surface area is 239 Å². The van der Waals surface area contributed by atoms with Gasteiger partial charge in [0.2, 0.25) is 0 Å². The standard InChI is InChI=1S/C29H36NO10P/c1-35-26-14-12-25(13-15-26)18-36-21-27(31)28(32)22-40-41(34,39-20-24-10-6-3-7-11-24)38-17-16-30-29(33)37-19-23-8-4-2-5-9-23/h2-15,27-28,31-32H,16-22H2,1H3,(H,30,33)/t27-,28-,41?/m1/s1. The summed E-state index contributed by atoms with van der Waals surface area (Å²) in [5.41, 5.74) is 2.40. The molecule has 3 rings (SSSR count). The fourth-order valence-electron chi connectivity index (χ4n) is 3.33. The molecule has 1 amide bonds. The Morgan fingerprint density at radius 2 is 1.34 bits per heavy atom. The number of ether oxygens (including phenoxy) is 3. The van der Waals surface area contributed by atoms with E-state index >= 15 is 0 Å². The average molecular weight is 590 g/mol. The van der Waals surface area contributed by atoms with E-state index < -0.39 is 32.7 Å². The van der Waals surface area contributed by atoms with Crippen LogP contribution in [0.3, 0.4) is 0 Å². The molecule has 0 aliphatic heterocycles. The molecule has 0 saturated carbocycles. The molecular weight excluding hydrogens is 553 g/mol. The summed E-state index contributed by atoms with van der Waals surface area (Å²) in [7, 11) is -2.63. The van der Waals surface area contributed by atoms with Gasteiger partial charge in [0.25, 0.3) is 0 Å². The smallest absolute Gasteiger partial charge is 0.475 e. The molecule has 0 saturated heterocycles. The number of aliphatic hydroxyl groups is 2. The van der Waals surface area contributed by atoms with Crippen LogP contribution in [0.2, 0.25) is 0 Å². The van der Waals surface area contributed by atoms with Gasteiger partial charge < -0.3 is 29.7 Å². The molecule has 0 fully saturated rings. The van der Waals surface area contributed by atoms with Gasteiger partial charge in [-0.15, -0.1) is 0 Å². The molecule has 3 atom stereocenters. The molecule has 0 bridgehead atoms. The largest absolute Gasteiger partial charge is 0.497 e. The van der Waals surface area contributed by atoms with Gasteiger partial charge in [-0.3, -0.25) is 13.6 Å². The number of nitrogens with one attached hydrogen (secondary N) is 1. The van der Waals surface area contributed by atoms with Gasteiger partial charge in [-0.2, -0.15) is 0 Å². The molecule has 0 aliphatic rings. The molecule has 12 heteroatoms. The van der Waals surface area contributed by atoms with E-state index in [1.807, 2.05) is 48.5 Å². The van der Waals surface area contributed by atoms with Crippen LogP contribution in [0.1, 0.15) is 16.7 Å². The van der Waals surface area contributed by atoms with Crippen LogP contribution in [0.25, 0.3) is 0 Å². The number of carbonyl (C=O) groups is 1. The zero-order valence-electron chi connectivity index (χ0n) is 22.8. The molecule has 1 unspecified atom stereocenters. The molecule has 0 radical (unpaired) electrons. The Hall–Kier alpha value is -3.28. The van der Waals surface area contributed by atoms with Crippen molar-refractivity contribution in [3.63, 3.8) is 0 Å². The van der Waals surface area contributed by atoms with Crippen LogP contribution in [-0.4, -0.2) is 62.0 Å². The lowest BCUT2D eigenvalue weighted by Gasteiger charge is -2.22. The summed E-state index contributed by atoms with van der Waals surface area (Å²) in [4.78, 5) is 11.9. The number of benzene rings is 3. The number of methoxy groups -OCH3 is 1. The molecule has 3 aromatic rings.